The van der Waals surface area contributed by atoms with Gasteiger partial charge in [0.15, 0.2) is 0 Å². The molecule has 1 fully saturated rings. The third-order valence-corrected chi connectivity index (χ3v) is 4.38. The predicted octanol–water partition coefficient (Wildman–Crippen LogP) is 2.67. The zero-order valence-electron chi connectivity index (χ0n) is 14.3. The van der Waals surface area contributed by atoms with Gasteiger partial charge >= 0.3 is 0 Å². The summed E-state index contributed by atoms with van der Waals surface area (Å²) in [6.07, 6.45) is 3.28. The second-order valence-electron chi connectivity index (χ2n) is 6.85. The highest BCUT2D eigenvalue weighted by atomic mass is 19.1. The number of hydrogen-bond donors (Lipinski definition) is 3. The molecule has 2 atom stereocenters. The predicted molar refractivity (Wildman–Crippen MR) is 92.1 cm³/mol. The monoisotopic (exact) mass is 335 g/mol. The summed E-state index contributed by atoms with van der Waals surface area (Å²) in [5.74, 6) is -0.674. The molecule has 2 amide bonds. The number of amides is 2. The Kier molecular flexibility index (Phi) is 6.31. The van der Waals surface area contributed by atoms with E-state index in [1.54, 1.807) is 0 Å². The number of nitrogens with two attached hydrogens (primary N) is 1. The van der Waals surface area contributed by atoms with E-state index in [1.807, 2.05) is 13.8 Å². The molecule has 0 aliphatic heterocycles. The van der Waals surface area contributed by atoms with E-state index in [1.165, 1.54) is 12.1 Å². The Hall–Kier alpha value is -1.95. The molecule has 5 nitrogen and oxygen atoms in total. The molecule has 0 bridgehead atoms. The maximum Gasteiger partial charge on any atom is 0.251 e. The van der Waals surface area contributed by atoms with Gasteiger partial charge in [-0.15, -0.1) is 0 Å². The minimum absolute atomic E-state index is 0.0518. The number of benzene rings is 1. The number of hydrogen-bond acceptors (Lipinski definition) is 3. The van der Waals surface area contributed by atoms with Crippen molar-refractivity contribution in [3.05, 3.63) is 29.6 Å². The number of carbonyl (C=O) groups excluding carboxylic acids is 2. The quantitative estimate of drug-likeness (QED) is 0.747. The molecule has 0 spiro atoms. The number of rotatable bonds is 6. The summed E-state index contributed by atoms with van der Waals surface area (Å²) in [5.41, 5.74) is 6.05. The van der Waals surface area contributed by atoms with Crippen molar-refractivity contribution in [2.45, 2.75) is 45.6 Å². The average molecular weight is 335 g/mol. The van der Waals surface area contributed by atoms with Crippen LogP contribution < -0.4 is 16.4 Å². The van der Waals surface area contributed by atoms with Crippen molar-refractivity contribution in [2.75, 3.05) is 11.9 Å². The molecule has 2 unspecified atom stereocenters. The molecule has 4 N–H and O–H groups in total. The smallest absolute Gasteiger partial charge is 0.251 e. The fraction of sp³-hybridized carbons (Fsp3) is 0.556. The van der Waals surface area contributed by atoms with Gasteiger partial charge in [0.05, 0.1) is 5.69 Å². The minimum atomic E-state index is -0.610. The van der Waals surface area contributed by atoms with Gasteiger partial charge in [0.2, 0.25) is 5.91 Å². The summed E-state index contributed by atoms with van der Waals surface area (Å²) in [7, 11) is 0. The van der Waals surface area contributed by atoms with E-state index in [4.69, 9.17) is 5.73 Å². The number of carbonyl (C=O) groups is 2. The van der Waals surface area contributed by atoms with Gasteiger partial charge in [-0.05, 0) is 49.4 Å². The van der Waals surface area contributed by atoms with Crippen LogP contribution in [0.15, 0.2) is 18.2 Å². The third kappa shape index (κ3) is 4.77. The lowest BCUT2D eigenvalue weighted by molar-refractivity contribution is -0.116. The van der Waals surface area contributed by atoms with E-state index < -0.39 is 5.82 Å². The Balaban J connectivity index is 2.00. The van der Waals surface area contributed by atoms with Crippen molar-refractivity contribution in [3.63, 3.8) is 0 Å². The highest BCUT2D eigenvalue weighted by Crippen LogP contribution is 2.25. The summed E-state index contributed by atoms with van der Waals surface area (Å²) in [5, 5.41) is 5.47. The average Bonchev–Trinajstić information content (AvgIpc) is 2.95. The molecule has 132 valence electrons. The van der Waals surface area contributed by atoms with Crippen LogP contribution in [0.4, 0.5) is 10.1 Å². The minimum Gasteiger partial charge on any atom is -0.349 e. The van der Waals surface area contributed by atoms with Gasteiger partial charge in [-0.25, -0.2) is 4.39 Å². The molecule has 1 saturated carbocycles. The second-order valence-corrected chi connectivity index (χ2v) is 6.85. The van der Waals surface area contributed by atoms with Crippen LogP contribution in [0.2, 0.25) is 0 Å². The Morgan fingerprint density at radius 1 is 1.33 bits per heavy atom. The molecule has 0 aromatic heterocycles. The van der Waals surface area contributed by atoms with Crippen LogP contribution in [0.25, 0.3) is 0 Å². The van der Waals surface area contributed by atoms with E-state index in [0.717, 1.165) is 25.3 Å². The van der Waals surface area contributed by atoms with Crippen LogP contribution in [0.3, 0.4) is 0 Å². The molecule has 0 radical (unpaired) electrons. The first kappa shape index (κ1) is 18.4. The van der Waals surface area contributed by atoms with Crippen LogP contribution in [0.5, 0.6) is 0 Å². The number of nitrogens with one attached hydrogen (secondary N) is 2. The first-order chi connectivity index (χ1) is 11.4. The number of anilines is 1. The van der Waals surface area contributed by atoms with Crippen LogP contribution in [0, 0.1) is 17.7 Å². The largest absolute Gasteiger partial charge is 0.349 e. The maximum atomic E-state index is 14.1. The van der Waals surface area contributed by atoms with E-state index in [0.29, 0.717) is 13.0 Å². The van der Waals surface area contributed by atoms with Crippen molar-refractivity contribution in [2.24, 2.45) is 17.6 Å². The maximum absolute atomic E-state index is 14.1. The molecule has 0 saturated heterocycles. The van der Waals surface area contributed by atoms with Crippen molar-refractivity contribution >= 4 is 17.5 Å². The van der Waals surface area contributed by atoms with E-state index >= 15 is 0 Å². The first-order valence-electron chi connectivity index (χ1n) is 8.51. The van der Waals surface area contributed by atoms with E-state index in [2.05, 4.69) is 10.6 Å². The Bertz CT molecular complexity index is 604. The molecule has 6 heteroatoms. The SMILES string of the molecule is CC(C)CC(=O)Nc1ccc(C(=O)NC2CCCC2CN)cc1F. The van der Waals surface area contributed by atoms with E-state index in [-0.39, 0.29) is 40.9 Å². The van der Waals surface area contributed by atoms with Gasteiger partial charge in [0.25, 0.3) is 5.91 Å². The van der Waals surface area contributed by atoms with Gasteiger partial charge in [-0.3, -0.25) is 9.59 Å². The lowest BCUT2D eigenvalue weighted by Crippen LogP contribution is -2.39. The Labute approximate surface area is 142 Å². The fourth-order valence-electron chi connectivity index (χ4n) is 3.09. The van der Waals surface area contributed by atoms with Crippen LogP contribution >= 0.6 is 0 Å². The molecule has 1 aromatic carbocycles. The fourth-order valence-corrected chi connectivity index (χ4v) is 3.09. The van der Waals surface area contributed by atoms with Crippen LogP contribution in [-0.2, 0) is 4.79 Å². The standard InChI is InChI=1S/C18H26FN3O2/c1-11(2)8-17(23)21-16-7-6-12(9-14(16)19)18(24)22-15-5-3-4-13(15)10-20/h6-7,9,11,13,15H,3-5,8,10,20H2,1-2H3,(H,21,23)(H,22,24). The summed E-state index contributed by atoms with van der Waals surface area (Å²) >= 11 is 0. The molecule has 1 aromatic rings. The summed E-state index contributed by atoms with van der Waals surface area (Å²) in [6.45, 7) is 4.38. The molecular weight excluding hydrogens is 309 g/mol. The molecule has 0 heterocycles. The number of halogens is 1. The van der Waals surface area contributed by atoms with Gasteiger partial charge in [0, 0.05) is 18.0 Å². The first-order valence-corrected chi connectivity index (χ1v) is 8.51. The zero-order chi connectivity index (χ0) is 17.7. The van der Waals surface area contributed by atoms with Crippen molar-refractivity contribution in [1.82, 2.24) is 5.32 Å². The van der Waals surface area contributed by atoms with Crippen molar-refractivity contribution in [1.29, 1.82) is 0 Å². The Morgan fingerprint density at radius 3 is 2.71 bits per heavy atom. The van der Waals surface area contributed by atoms with Crippen LogP contribution in [0.1, 0.15) is 49.9 Å². The van der Waals surface area contributed by atoms with Gasteiger partial charge in [0.1, 0.15) is 5.82 Å². The highest BCUT2D eigenvalue weighted by Gasteiger charge is 2.27. The topological polar surface area (TPSA) is 84.2 Å². The molecular formula is C18H26FN3O2. The molecule has 1 aliphatic rings. The lowest BCUT2D eigenvalue weighted by atomic mass is 10.0. The normalized spacial score (nSPS) is 20.2. The van der Waals surface area contributed by atoms with Gasteiger partial charge < -0.3 is 16.4 Å². The van der Waals surface area contributed by atoms with Crippen molar-refractivity contribution in [3.8, 4) is 0 Å². The molecule has 24 heavy (non-hydrogen) atoms. The summed E-state index contributed by atoms with van der Waals surface area (Å²) in [4.78, 5) is 24.0. The lowest BCUT2D eigenvalue weighted by Gasteiger charge is -2.19. The Morgan fingerprint density at radius 2 is 2.08 bits per heavy atom. The second kappa shape index (κ2) is 8.24. The van der Waals surface area contributed by atoms with Gasteiger partial charge in [-0.1, -0.05) is 20.3 Å². The zero-order valence-corrected chi connectivity index (χ0v) is 14.3. The molecule has 1 aliphatic carbocycles. The van der Waals surface area contributed by atoms with Crippen molar-refractivity contribution < 1.29 is 14.0 Å². The molecule has 2 rings (SSSR count). The summed E-state index contributed by atoms with van der Waals surface area (Å²) in [6, 6.07) is 4.16. The third-order valence-electron chi connectivity index (χ3n) is 4.38. The van der Waals surface area contributed by atoms with Crippen LogP contribution in [-0.4, -0.2) is 24.4 Å². The van der Waals surface area contributed by atoms with Gasteiger partial charge in [-0.2, -0.15) is 0 Å². The van der Waals surface area contributed by atoms with E-state index in [9.17, 15) is 14.0 Å². The summed E-state index contributed by atoms with van der Waals surface area (Å²) < 4.78 is 14.1. The highest BCUT2D eigenvalue weighted by molar-refractivity contribution is 5.96.